The van der Waals surface area contributed by atoms with Crippen molar-refractivity contribution < 1.29 is 18.0 Å². The number of alkyl halides is 3. The molecule has 39 heavy (non-hydrogen) atoms. The summed E-state index contributed by atoms with van der Waals surface area (Å²) in [4.78, 5) is 19.5. The molecule has 1 aliphatic rings. The third-order valence-corrected chi connectivity index (χ3v) is 6.82. The smallest absolute Gasteiger partial charge is 0.363 e. The number of halogens is 3. The van der Waals surface area contributed by atoms with Gasteiger partial charge in [0, 0.05) is 49.6 Å². The highest BCUT2D eigenvalue weighted by molar-refractivity contribution is 6.05. The molecular formula is C27H27F3N8O. The van der Waals surface area contributed by atoms with E-state index >= 15 is 0 Å². The summed E-state index contributed by atoms with van der Waals surface area (Å²) in [6, 6.07) is 8.34. The van der Waals surface area contributed by atoms with E-state index in [0.29, 0.717) is 23.6 Å². The molecule has 0 aliphatic carbocycles. The number of carbonyl (C=O) groups excluding carboxylic acids is 1. The number of amidine groups is 1. The first-order valence-electron chi connectivity index (χ1n) is 12.3. The highest BCUT2D eigenvalue weighted by Gasteiger charge is 2.31. The molecule has 12 heteroatoms. The summed E-state index contributed by atoms with van der Waals surface area (Å²) in [5, 5.41) is 15.3. The Kier molecular flexibility index (Phi) is 6.71. The van der Waals surface area contributed by atoms with Crippen molar-refractivity contribution in [1.29, 1.82) is 0 Å². The van der Waals surface area contributed by atoms with Gasteiger partial charge >= 0.3 is 6.18 Å². The van der Waals surface area contributed by atoms with Crippen molar-refractivity contribution in [3.8, 4) is 16.9 Å². The molecule has 1 amide bonds. The molecule has 202 valence electrons. The van der Waals surface area contributed by atoms with Crippen LogP contribution in [0.3, 0.4) is 0 Å². The molecule has 0 radical (unpaired) electrons. The standard InChI is InChI=1S/C27H27F3N8O/c1-16-7-8-18(10-24(16)38-15-23(34-35-38)22-14-31-37(4)17(22)2)26(39)33-21-12-19(27(28,29)30)11-20(13-21)32-25-6-5-9-36(25)3/h7-8,10-15H,5-6,9H2,1-4H3,(H,33,39)/b32-25+. The quantitative estimate of drug-likeness (QED) is 0.373. The SMILES string of the molecule is Cc1ccc(C(=O)Nc2cc(/N=C3\CCCN3C)cc(C(F)(F)F)c2)cc1-n1cc(-c2cnn(C)c2C)nn1. The van der Waals surface area contributed by atoms with E-state index in [0.717, 1.165) is 41.9 Å². The number of aliphatic imine (C=N–C) groups is 1. The third kappa shape index (κ3) is 5.40. The Bertz CT molecular complexity index is 1580. The average Bonchev–Trinajstić information content (AvgIpc) is 3.60. The highest BCUT2D eigenvalue weighted by atomic mass is 19.4. The van der Waals surface area contributed by atoms with E-state index < -0.39 is 17.6 Å². The maximum atomic E-state index is 13.6. The summed E-state index contributed by atoms with van der Waals surface area (Å²) in [6.45, 7) is 4.59. The van der Waals surface area contributed by atoms with E-state index in [4.69, 9.17) is 0 Å². The van der Waals surface area contributed by atoms with E-state index in [9.17, 15) is 18.0 Å². The van der Waals surface area contributed by atoms with Gasteiger partial charge in [-0.25, -0.2) is 9.67 Å². The van der Waals surface area contributed by atoms with E-state index in [1.54, 1.807) is 40.0 Å². The largest absolute Gasteiger partial charge is 0.416 e. The number of hydrogen-bond acceptors (Lipinski definition) is 5. The summed E-state index contributed by atoms with van der Waals surface area (Å²) >= 11 is 0. The highest BCUT2D eigenvalue weighted by Crippen LogP contribution is 2.35. The zero-order valence-electron chi connectivity index (χ0n) is 21.9. The topological polar surface area (TPSA) is 93.2 Å². The predicted molar refractivity (Wildman–Crippen MR) is 141 cm³/mol. The molecule has 1 fully saturated rings. The van der Waals surface area contributed by atoms with E-state index in [-0.39, 0.29) is 16.9 Å². The molecule has 0 bridgehead atoms. The molecular weight excluding hydrogens is 509 g/mol. The van der Waals surface area contributed by atoms with Crippen molar-refractivity contribution in [2.45, 2.75) is 32.9 Å². The number of aryl methyl sites for hydroxylation is 2. The second-order valence-corrected chi connectivity index (χ2v) is 9.59. The summed E-state index contributed by atoms with van der Waals surface area (Å²) < 4.78 is 44.2. The molecule has 1 N–H and O–H groups in total. The fourth-order valence-corrected chi connectivity index (χ4v) is 4.45. The van der Waals surface area contributed by atoms with Gasteiger partial charge in [0.15, 0.2) is 0 Å². The fourth-order valence-electron chi connectivity index (χ4n) is 4.45. The van der Waals surface area contributed by atoms with Crippen LogP contribution in [0.1, 0.15) is 40.0 Å². The van der Waals surface area contributed by atoms with Crippen LogP contribution in [0.25, 0.3) is 16.9 Å². The Hall–Kier alpha value is -4.48. The van der Waals surface area contributed by atoms with Crippen LogP contribution in [-0.4, -0.2) is 55.0 Å². The number of carbonyl (C=O) groups is 1. The summed E-state index contributed by atoms with van der Waals surface area (Å²) in [5.74, 6) is 0.152. The van der Waals surface area contributed by atoms with Gasteiger partial charge in [0.2, 0.25) is 0 Å². The van der Waals surface area contributed by atoms with Crippen LogP contribution < -0.4 is 5.32 Å². The molecule has 2 aromatic carbocycles. The fraction of sp³-hybridized carbons (Fsp3) is 0.296. The number of amides is 1. The molecule has 0 atom stereocenters. The van der Waals surface area contributed by atoms with Gasteiger partial charge in [-0.15, -0.1) is 5.10 Å². The number of rotatable bonds is 5. The van der Waals surface area contributed by atoms with E-state index in [1.807, 2.05) is 32.8 Å². The van der Waals surface area contributed by atoms with Crippen molar-refractivity contribution in [3.63, 3.8) is 0 Å². The monoisotopic (exact) mass is 536 g/mol. The van der Waals surface area contributed by atoms with Crippen molar-refractivity contribution in [1.82, 2.24) is 29.7 Å². The first-order valence-corrected chi connectivity index (χ1v) is 12.3. The number of hydrogen-bond donors (Lipinski definition) is 1. The maximum absolute atomic E-state index is 13.6. The first-order chi connectivity index (χ1) is 18.5. The molecule has 3 heterocycles. The van der Waals surface area contributed by atoms with Gasteiger partial charge in [0.25, 0.3) is 5.91 Å². The number of benzene rings is 2. The molecule has 0 saturated carbocycles. The molecule has 2 aromatic heterocycles. The van der Waals surface area contributed by atoms with Crippen LogP contribution in [-0.2, 0) is 13.2 Å². The second-order valence-electron chi connectivity index (χ2n) is 9.59. The molecule has 0 spiro atoms. The molecule has 1 saturated heterocycles. The van der Waals surface area contributed by atoms with Crippen molar-refractivity contribution in [2.75, 3.05) is 18.9 Å². The average molecular weight is 537 g/mol. The Morgan fingerprint density at radius 1 is 1.10 bits per heavy atom. The minimum atomic E-state index is -4.59. The zero-order valence-corrected chi connectivity index (χ0v) is 21.9. The van der Waals surface area contributed by atoms with Crippen LogP contribution in [0.5, 0.6) is 0 Å². The van der Waals surface area contributed by atoms with Crippen LogP contribution in [0, 0.1) is 13.8 Å². The minimum Gasteiger partial charge on any atom is -0.363 e. The van der Waals surface area contributed by atoms with Gasteiger partial charge in [-0.3, -0.25) is 9.48 Å². The van der Waals surface area contributed by atoms with E-state index in [1.165, 1.54) is 6.07 Å². The van der Waals surface area contributed by atoms with Crippen LogP contribution >= 0.6 is 0 Å². The lowest BCUT2D eigenvalue weighted by molar-refractivity contribution is -0.137. The zero-order chi connectivity index (χ0) is 27.9. The van der Waals surface area contributed by atoms with Crippen molar-refractivity contribution in [2.24, 2.45) is 12.0 Å². The molecule has 4 aromatic rings. The molecule has 9 nitrogen and oxygen atoms in total. The molecule has 1 aliphatic heterocycles. The van der Waals surface area contributed by atoms with Gasteiger partial charge < -0.3 is 10.2 Å². The van der Waals surface area contributed by atoms with E-state index in [2.05, 4.69) is 25.7 Å². The van der Waals surface area contributed by atoms with Crippen molar-refractivity contribution >= 4 is 23.1 Å². The minimum absolute atomic E-state index is 0.00652. The Balaban J connectivity index is 1.44. The first kappa shape index (κ1) is 26.1. The Morgan fingerprint density at radius 3 is 2.56 bits per heavy atom. The Morgan fingerprint density at radius 2 is 1.90 bits per heavy atom. The lowest BCUT2D eigenvalue weighted by atomic mass is 10.1. The van der Waals surface area contributed by atoms with Crippen LogP contribution in [0.2, 0.25) is 0 Å². The number of nitrogens with one attached hydrogen (secondary N) is 1. The van der Waals surface area contributed by atoms with Gasteiger partial charge in [-0.05, 0) is 56.2 Å². The van der Waals surface area contributed by atoms with Gasteiger partial charge in [0.05, 0.1) is 29.3 Å². The third-order valence-electron chi connectivity index (χ3n) is 6.82. The number of nitrogens with zero attached hydrogens (tertiary/aromatic N) is 7. The number of likely N-dealkylation sites (tertiary alicyclic amines) is 1. The summed E-state index contributed by atoms with van der Waals surface area (Å²) in [7, 11) is 3.69. The van der Waals surface area contributed by atoms with Gasteiger partial charge in [-0.1, -0.05) is 11.3 Å². The maximum Gasteiger partial charge on any atom is 0.416 e. The van der Waals surface area contributed by atoms with Gasteiger partial charge in [-0.2, -0.15) is 18.3 Å². The summed E-state index contributed by atoms with van der Waals surface area (Å²) in [5.41, 5.74) is 3.35. The normalized spacial score (nSPS) is 14.8. The predicted octanol–water partition coefficient (Wildman–Crippen LogP) is 5.31. The van der Waals surface area contributed by atoms with Crippen molar-refractivity contribution in [3.05, 3.63) is 71.2 Å². The van der Waals surface area contributed by atoms with Crippen LogP contribution in [0.15, 0.2) is 53.8 Å². The Labute approximate surface area is 223 Å². The number of aromatic nitrogens is 5. The van der Waals surface area contributed by atoms with Crippen LogP contribution in [0.4, 0.5) is 24.5 Å². The number of anilines is 1. The lowest BCUT2D eigenvalue weighted by Crippen LogP contribution is -2.18. The molecule has 0 unspecified atom stereocenters. The van der Waals surface area contributed by atoms with Gasteiger partial charge in [0.1, 0.15) is 11.5 Å². The lowest BCUT2D eigenvalue weighted by Gasteiger charge is -2.14. The molecule has 5 rings (SSSR count). The second kappa shape index (κ2) is 10.0. The summed E-state index contributed by atoms with van der Waals surface area (Å²) in [6.07, 6.45) is 0.436.